The van der Waals surface area contributed by atoms with Crippen molar-refractivity contribution in [2.45, 2.75) is 45.8 Å². The molecule has 1 aromatic heterocycles. The first-order chi connectivity index (χ1) is 15.7. The summed E-state index contributed by atoms with van der Waals surface area (Å²) >= 11 is 0. The maximum atomic E-state index is 12.9. The predicted molar refractivity (Wildman–Crippen MR) is 126 cm³/mol. The summed E-state index contributed by atoms with van der Waals surface area (Å²) in [7, 11) is 0. The Kier molecular flexibility index (Phi) is 5.80. The van der Waals surface area contributed by atoms with Crippen molar-refractivity contribution in [2.75, 3.05) is 0 Å². The highest BCUT2D eigenvalue weighted by atomic mass is 16.2. The number of nitrogens with one attached hydrogen (secondary N) is 3. The van der Waals surface area contributed by atoms with Crippen LogP contribution in [0.2, 0.25) is 0 Å². The Hall–Kier alpha value is -3.87. The first-order valence-electron chi connectivity index (χ1n) is 11.0. The molecule has 3 N–H and O–H groups in total. The second kappa shape index (κ2) is 8.58. The van der Waals surface area contributed by atoms with Crippen LogP contribution >= 0.6 is 0 Å². The second-order valence-corrected chi connectivity index (χ2v) is 8.65. The predicted octanol–water partition coefficient (Wildman–Crippen LogP) is 3.70. The van der Waals surface area contributed by atoms with Crippen molar-refractivity contribution in [2.24, 2.45) is 0 Å². The molecule has 0 spiro atoms. The minimum atomic E-state index is -1.09. The van der Waals surface area contributed by atoms with Crippen LogP contribution in [0.25, 0.3) is 0 Å². The number of rotatable bonds is 6. The van der Waals surface area contributed by atoms with Gasteiger partial charge in [-0.3, -0.25) is 14.9 Å². The zero-order valence-corrected chi connectivity index (χ0v) is 19.2. The van der Waals surface area contributed by atoms with E-state index < -0.39 is 11.6 Å². The lowest BCUT2D eigenvalue weighted by Crippen LogP contribution is -2.40. The Bertz CT molecular complexity index is 1210. The van der Waals surface area contributed by atoms with Gasteiger partial charge in [0.1, 0.15) is 5.54 Å². The van der Waals surface area contributed by atoms with Crippen LogP contribution in [0.4, 0.5) is 4.79 Å². The Morgan fingerprint density at radius 2 is 1.73 bits per heavy atom. The number of nitrogens with zero attached hydrogens (tertiary/aromatic N) is 1. The molecule has 1 aliphatic rings. The summed E-state index contributed by atoms with van der Waals surface area (Å²) in [5, 5.41) is 7.90. The molecule has 7 heteroatoms. The number of aryl methyl sites for hydroxylation is 1. The molecule has 170 valence electrons. The Balaban J connectivity index is 1.45. The molecule has 0 bridgehead atoms. The van der Waals surface area contributed by atoms with E-state index in [1.54, 1.807) is 19.1 Å². The highest BCUT2D eigenvalue weighted by molar-refractivity contribution is 6.07. The zero-order valence-electron chi connectivity index (χ0n) is 19.2. The first kappa shape index (κ1) is 22.3. The Morgan fingerprint density at radius 1 is 1.06 bits per heavy atom. The smallest absolute Gasteiger partial charge is 0.322 e. The van der Waals surface area contributed by atoms with Crippen LogP contribution in [-0.4, -0.2) is 22.4 Å². The third kappa shape index (κ3) is 4.14. The maximum absolute atomic E-state index is 12.9. The van der Waals surface area contributed by atoms with E-state index in [4.69, 9.17) is 0 Å². The van der Waals surface area contributed by atoms with Gasteiger partial charge in [0.2, 0.25) is 0 Å². The molecule has 0 aliphatic carbocycles. The largest absolute Gasteiger partial charge is 0.348 e. The monoisotopic (exact) mass is 444 g/mol. The van der Waals surface area contributed by atoms with Gasteiger partial charge in [-0.05, 0) is 50.5 Å². The van der Waals surface area contributed by atoms with Crippen molar-refractivity contribution >= 4 is 17.8 Å². The average Bonchev–Trinajstić information content (AvgIpc) is 3.26. The SMILES string of the molecule is Cc1cc(C(=O)NCc2ccc([C@]3(C)NC(=O)NC3=O)cc2)c(C)n1[C@H](C)c1ccccc1. The van der Waals surface area contributed by atoms with E-state index in [0.717, 1.165) is 17.0 Å². The number of carbonyl (C=O) groups excluding carboxylic acids is 3. The fraction of sp³-hybridized carbons (Fsp3) is 0.269. The molecule has 33 heavy (non-hydrogen) atoms. The van der Waals surface area contributed by atoms with Crippen LogP contribution in [0.3, 0.4) is 0 Å². The molecular weight excluding hydrogens is 416 g/mol. The Labute approximate surface area is 193 Å². The molecule has 0 radical (unpaired) electrons. The highest BCUT2D eigenvalue weighted by Gasteiger charge is 2.43. The van der Waals surface area contributed by atoms with Gasteiger partial charge in [0.15, 0.2) is 0 Å². The van der Waals surface area contributed by atoms with E-state index >= 15 is 0 Å². The molecule has 2 atom stereocenters. The molecule has 2 heterocycles. The minimum absolute atomic E-state index is 0.120. The van der Waals surface area contributed by atoms with Crippen LogP contribution in [0.15, 0.2) is 60.7 Å². The summed E-state index contributed by atoms with van der Waals surface area (Å²) in [4.78, 5) is 36.6. The summed E-state index contributed by atoms with van der Waals surface area (Å²) in [6.07, 6.45) is 0. The summed E-state index contributed by atoms with van der Waals surface area (Å²) in [5.74, 6) is -0.512. The van der Waals surface area contributed by atoms with E-state index in [9.17, 15) is 14.4 Å². The molecule has 2 aromatic carbocycles. The van der Waals surface area contributed by atoms with Gasteiger partial charge in [-0.15, -0.1) is 0 Å². The molecule has 7 nitrogen and oxygen atoms in total. The number of hydrogen-bond acceptors (Lipinski definition) is 3. The molecule has 4 amide bonds. The van der Waals surface area contributed by atoms with Crippen LogP contribution in [0.5, 0.6) is 0 Å². The van der Waals surface area contributed by atoms with Gasteiger partial charge in [-0.1, -0.05) is 54.6 Å². The normalized spacial score (nSPS) is 18.5. The number of urea groups is 1. The second-order valence-electron chi connectivity index (χ2n) is 8.65. The van der Waals surface area contributed by atoms with Gasteiger partial charge in [0.25, 0.3) is 11.8 Å². The van der Waals surface area contributed by atoms with Crippen LogP contribution in [0.1, 0.15) is 58.3 Å². The Morgan fingerprint density at radius 3 is 2.33 bits per heavy atom. The number of aromatic nitrogens is 1. The van der Waals surface area contributed by atoms with Crippen LogP contribution < -0.4 is 16.0 Å². The number of amides is 4. The fourth-order valence-electron chi connectivity index (χ4n) is 4.46. The maximum Gasteiger partial charge on any atom is 0.322 e. The van der Waals surface area contributed by atoms with E-state index in [1.165, 1.54) is 5.56 Å². The molecular formula is C26H28N4O3. The zero-order chi connectivity index (χ0) is 23.8. The lowest BCUT2D eigenvalue weighted by molar-refractivity contribution is -0.123. The van der Waals surface area contributed by atoms with Crippen molar-refractivity contribution in [3.05, 3.63) is 94.3 Å². The highest BCUT2D eigenvalue weighted by Crippen LogP contribution is 2.26. The third-order valence-electron chi connectivity index (χ3n) is 6.43. The van der Waals surface area contributed by atoms with Gasteiger partial charge in [-0.2, -0.15) is 0 Å². The topological polar surface area (TPSA) is 92.2 Å². The number of carbonyl (C=O) groups is 3. The minimum Gasteiger partial charge on any atom is -0.348 e. The lowest BCUT2D eigenvalue weighted by atomic mass is 9.91. The van der Waals surface area contributed by atoms with E-state index in [0.29, 0.717) is 17.7 Å². The summed E-state index contributed by atoms with van der Waals surface area (Å²) < 4.78 is 2.18. The van der Waals surface area contributed by atoms with Crippen molar-refractivity contribution < 1.29 is 14.4 Å². The van der Waals surface area contributed by atoms with Gasteiger partial charge in [-0.25, -0.2) is 4.79 Å². The van der Waals surface area contributed by atoms with Gasteiger partial charge < -0.3 is 15.2 Å². The summed E-state index contributed by atoms with van der Waals surface area (Å²) in [5.41, 5.74) is 4.28. The standard InChI is InChI=1S/C26H28N4O3/c1-16-14-22(18(3)30(16)17(2)20-8-6-5-7-9-20)23(31)27-15-19-10-12-21(13-11-19)26(4)24(32)28-25(33)29-26/h5-14,17H,15H2,1-4H3,(H,27,31)(H2,28,29,32,33)/t17-,26+/m1/s1. The van der Waals surface area contributed by atoms with Crippen molar-refractivity contribution in [3.63, 3.8) is 0 Å². The van der Waals surface area contributed by atoms with Crippen LogP contribution in [-0.2, 0) is 16.9 Å². The molecule has 0 saturated carbocycles. The molecule has 1 fully saturated rings. The summed E-state index contributed by atoms with van der Waals surface area (Å²) in [6.45, 7) is 8.13. The molecule has 0 unspecified atom stereocenters. The number of hydrogen-bond donors (Lipinski definition) is 3. The van der Waals surface area contributed by atoms with Gasteiger partial charge in [0, 0.05) is 17.9 Å². The van der Waals surface area contributed by atoms with E-state index in [1.807, 2.05) is 50.2 Å². The lowest BCUT2D eigenvalue weighted by Gasteiger charge is -2.21. The number of benzene rings is 2. The van der Waals surface area contributed by atoms with Crippen LogP contribution in [0, 0.1) is 13.8 Å². The molecule has 1 aliphatic heterocycles. The van der Waals surface area contributed by atoms with Crippen molar-refractivity contribution in [1.82, 2.24) is 20.5 Å². The average molecular weight is 445 g/mol. The third-order valence-corrected chi connectivity index (χ3v) is 6.43. The van der Waals surface area contributed by atoms with E-state index in [-0.39, 0.29) is 17.9 Å². The quantitative estimate of drug-likeness (QED) is 0.506. The summed E-state index contributed by atoms with van der Waals surface area (Å²) in [6, 6.07) is 19.0. The van der Waals surface area contributed by atoms with Crippen molar-refractivity contribution in [3.8, 4) is 0 Å². The molecule has 4 rings (SSSR count). The van der Waals surface area contributed by atoms with Crippen molar-refractivity contribution in [1.29, 1.82) is 0 Å². The number of imide groups is 1. The molecule has 1 saturated heterocycles. The molecule has 3 aromatic rings. The fourth-order valence-corrected chi connectivity index (χ4v) is 4.46. The van der Waals surface area contributed by atoms with Gasteiger partial charge in [0.05, 0.1) is 11.6 Å². The van der Waals surface area contributed by atoms with E-state index in [2.05, 4.69) is 39.6 Å². The van der Waals surface area contributed by atoms with Gasteiger partial charge >= 0.3 is 6.03 Å². The first-order valence-corrected chi connectivity index (χ1v) is 11.0.